The number of nitrogens with one attached hydrogen (secondary N) is 2. The molecule has 0 saturated carbocycles. The van der Waals surface area contributed by atoms with Crippen molar-refractivity contribution in [3.63, 3.8) is 0 Å². The number of ether oxygens (including phenoxy) is 4. The third kappa shape index (κ3) is 7.79. The maximum atomic E-state index is 12.4. The number of aliphatic hydroxyl groups is 3. The molecule has 5 N–H and O–H groups in total. The van der Waals surface area contributed by atoms with Crippen LogP contribution in [0.2, 0.25) is 0 Å². The molecule has 1 fully saturated rings. The van der Waals surface area contributed by atoms with E-state index >= 15 is 0 Å². The Morgan fingerprint density at radius 2 is 1.74 bits per heavy atom. The van der Waals surface area contributed by atoms with Crippen molar-refractivity contribution in [1.29, 1.82) is 0 Å². The van der Waals surface area contributed by atoms with Crippen LogP contribution in [0.4, 0.5) is 5.69 Å². The summed E-state index contributed by atoms with van der Waals surface area (Å²) in [5.74, 6) is -2.11. The molecule has 1 heterocycles. The fourth-order valence-electron chi connectivity index (χ4n) is 3.12. The molecule has 0 spiro atoms. The van der Waals surface area contributed by atoms with Crippen molar-refractivity contribution in [2.45, 2.75) is 71.0 Å². The van der Waals surface area contributed by atoms with Crippen LogP contribution in [-0.4, -0.2) is 83.6 Å². The van der Waals surface area contributed by atoms with E-state index in [0.29, 0.717) is 11.3 Å². The van der Waals surface area contributed by atoms with E-state index in [4.69, 9.17) is 14.2 Å². The Morgan fingerprint density at radius 3 is 2.34 bits per heavy atom. The van der Waals surface area contributed by atoms with Gasteiger partial charge in [-0.1, -0.05) is 19.9 Å². The lowest BCUT2D eigenvalue weighted by Crippen LogP contribution is -2.63. The topological polar surface area (TPSA) is 173 Å². The van der Waals surface area contributed by atoms with Crippen LogP contribution >= 0.6 is 0 Å². The number of benzene rings is 1. The summed E-state index contributed by atoms with van der Waals surface area (Å²) < 4.78 is 21.0. The SMILES string of the molecule is COC(=O)CNC(=O)[C@H]1O[C@@H](Oc2cc(COC(=O)C(C)C)ccc2NC(C)C)[C@H](O)[C@@H](O)[C@@H]1O. The molecule has 0 aromatic heterocycles. The van der Waals surface area contributed by atoms with Gasteiger partial charge in [0.2, 0.25) is 6.29 Å². The number of anilines is 1. The lowest BCUT2D eigenvalue weighted by atomic mass is 9.98. The summed E-state index contributed by atoms with van der Waals surface area (Å²) in [5, 5.41) is 36.4. The second kappa shape index (κ2) is 12.7. The molecule has 12 heteroatoms. The first-order chi connectivity index (χ1) is 16.4. The predicted octanol–water partition coefficient (Wildman–Crippen LogP) is -0.318. The molecule has 196 valence electrons. The van der Waals surface area contributed by atoms with Crippen LogP contribution in [0.25, 0.3) is 0 Å². The number of carbonyl (C=O) groups excluding carboxylic acids is 3. The number of amides is 1. The Morgan fingerprint density at radius 1 is 1.06 bits per heavy atom. The van der Waals surface area contributed by atoms with E-state index in [9.17, 15) is 29.7 Å². The molecule has 2 rings (SSSR count). The van der Waals surface area contributed by atoms with Crippen LogP contribution in [0.15, 0.2) is 18.2 Å². The van der Waals surface area contributed by atoms with Crippen molar-refractivity contribution in [1.82, 2.24) is 5.32 Å². The van der Waals surface area contributed by atoms with Gasteiger partial charge in [0, 0.05) is 6.04 Å². The number of aliphatic hydroxyl groups excluding tert-OH is 3. The van der Waals surface area contributed by atoms with Gasteiger partial charge in [-0.3, -0.25) is 14.4 Å². The van der Waals surface area contributed by atoms with Gasteiger partial charge in [-0.15, -0.1) is 0 Å². The van der Waals surface area contributed by atoms with Crippen LogP contribution in [-0.2, 0) is 35.2 Å². The molecule has 12 nitrogen and oxygen atoms in total. The molecule has 35 heavy (non-hydrogen) atoms. The van der Waals surface area contributed by atoms with E-state index in [1.807, 2.05) is 13.8 Å². The molecule has 0 bridgehead atoms. The largest absolute Gasteiger partial charge is 0.468 e. The highest BCUT2D eigenvalue weighted by Crippen LogP contribution is 2.31. The second-order valence-electron chi connectivity index (χ2n) is 8.70. The zero-order valence-corrected chi connectivity index (χ0v) is 20.4. The number of rotatable bonds is 10. The normalized spacial score (nSPS) is 24.1. The van der Waals surface area contributed by atoms with Crippen LogP contribution in [0.1, 0.15) is 33.3 Å². The summed E-state index contributed by atoms with van der Waals surface area (Å²) in [7, 11) is 1.14. The smallest absolute Gasteiger partial charge is 0.325 e. The lowest BCUT2D eigenvalue weighted by molar-refractivity contribution is -0.266. The molecule has 1 aromatic carbocycles. The zero-order chi connectivity index (χ0) is 26.3. The molecular formula is C23H34N2O10. The summed E-state index contributed by atoms with van der Waals surface area (Å²) in [6, 6.07) is 4.99. The van der Waals surface area contributed by atoms with Gasteiger partial charge in [-0.25, -0.2) is 0 Å². The average Bonchev–Trinajstić information content (AvgIpc) is 2.81. The van der Waals surface area contributed by atoms with Gasteiger partial charge < -0.3 is 44.9 Å². The monoisotopic (exact) mass is 498 g/mol. The Balaban J connectivity index is 2.24. The highest BCUT2D eigenvalue weighted by atomic mass is 16.7. The molecule has 1 aliphatic heterocycles. The van der Waals surface area contributed by atoms with Crippen molar-refractivity contribution in [3.05, 3.63) is 23.8 Å². The highest BCUT2D eigenvalue weighted by Gasteiger charge is 2.48. The third-order valence-corrected chi connectivity index (χ3v) is 5.05. The maximum Gasteiger partial charge on any atom is 0.325 e. The van der Waals surface area contributed by atoms with Gasteiger partial charge in [-0.05, 0) is 31.5 Å². The number of carbonyl (C=O) groups is 3. The minimum absolute atomic E-state index is 0.00317. The fraction of sp³-hybridized carbons (Fsp3) is 0.609. The lowest BCUT2D eigenvalue weighted by Gasteiger charge is -2.39. The highest BCUT2D eigenvalue weighted by molar-refractivity contribution is 5.85. The maximum absolute atomic E-state index is 12.4. The Hall–Kier alpha value is -2.93. The average molecular weight is 499 g/mol. The van der Waals surface area contributed by atoms with Gasteiger partial charge in [0.15, 0.2) is 6.10 Å². The van der Waals surface area contributed by atoms with Crippen molar-refractivity contribution in [3.8, 4) is 5.75 Å². The summed E-state index contributed by atoms with van der Waals surface area (Å²) in [4.78, 5) is 35.6. The van der Waals surface area contributed by atoms with E-state index in [-0.39, 0.29) is 30.3 Å². The summed E-state index contributed by atoms with van der Waals surface area (Å²) in [6.07, 6.45) is -8.45. The first-order valence-electron chi connectivity index (χ1n) is 11.2. The minimum atomic E-state index is -1.78. The molecule has 0 radical (unpaired) electrons. The van der Waals surface area contributed by atoms with Gasteiger partial charge in [0.25, 0.3) is 5.91 Å². The second-order valence-corrected chi connectivity index (χ2v) is 8.70. The zero-order valence-electron chi connectivity index (χ0n) is 20.4. The van der Waals surface area contributed by atoms with Crippen molar-refractivity contribution < 1.29 is 48.7 Å². The first-order valence-corrected chi connectivity index (χ1v) is 11.2. The minimum Gasteiger partial charge on any atom is -0.468 e. The Kier molecular flexibility index (Phi) is 10.3. The first kappa shape index (κ1) is 28.3. The number of hydrogen-bond donors (Lipinski definition) is 5. The fourth-order valence-corrected chi connectivity index (χ4v) is 3.12. The van der Waals surface area contributed by atoms with Crippen molar-refractivity contribution in [2.24, 2.45) is 5.92 Å². The number of hydrogen-bond acceptors (Lipinski definition) is 11. The molecule has 1 amide bonds. The van der Waals surface area contributed by atoms with Crippen LogP contribution in [0, 0.1) is 5.92 Å². The molecule has 0 unspecified atom stereocenters. The van der Waals surface area contributed by atoms with E-state index in [0.717, 1.165) is 7.11 Å². The summed E-state index contributed by atoms with van der Waals surface area (Å²) in [5.41, 5.74) is 1.10. The molecule has 1 aliphatic rings. The van der Waals surface area contributed by atoms with Crippen molar-refractivity contribution in [2.75, 3.05) is 19.0 Å². The quantitative estimate of drug-likeness (QED) is 0.268. The van der Waals surface area contributed by atoms with Crippen LogP contribution in [0.5, 0.6) is 5.75 Å². The Labute approximate surface area is 203 Å². The van der Waals surface area contributed by atoms with Gasteiger partial charge in [0.1, 0.15) is 37.2 Å². The van der Waals surface area contributed by atoms with Gasteiger partial charge in [-0.2, -0.15) is 0 Å². The van der Waals surface area contributed by atoms with E-state index in [2.05, 4.69) is 15.4 Å². The van der Waals surface area contributed by atoms with Crippen molar-refractivity contribution >= 4 is 23.5 Å². The standard InChI is InChI=1S/C23H34N2O10/c1-11(2)22(31)33-10-13-6-7-14(25-12(3)4)15(8-13)34-23-19(29)17(27)18(28)20(35-23)21(30)24-9-16(26)32-5/h6-8,11-12,17-20,23,25,27-29H,9-10H2,1-5H3,(H,24,30)/t17-,18-,19+,20-,23+/m0/s1. The molecular weight excluding hydrogens is 464 g/mol. The summed E-state index contributed by atoms with van der Waals surface area (Å²) >= 11 is 0. The van der Waals surface area contributed by atoms with Gasteiger partial charge in [0.05, 0.1) is 18.7 Å². The molecule has 1 aromatic rings. The molecule has 1 saturated heterocycles. The predicted molar refractivity (Wildman–Crippen MR) is 122 cm³/mol. The van der Waals surface area contributed by atoms with Gasteiger partial charge >= 0.3 is 11.9 Å². The molecule has 5 atom stereocenters. The summed E-state index contributed by atoms with van der Waals surface area (Å²) in [6.45, 7) is 6.72. The number of methoxy groups -OCH3 is 1. The van der Waals surface area contributed by atoms with E-state index in [1.54, 1.807) is 32.0 Å². The third-order valence-electron chi connectivity index (χ3n) is 5.05. The van der Waals surface area contributed by atoms with Crippen LogP contribution in [0.3, 0.4) is 0 Å². The Bertz CT molecular complexity index is 891. The van der Waals surface area contributed by atoms with Crippen LogP contribution < -0.4 is 15.4 Å². The van der Waals surface area contributed by atoms with E-state index in [1.165, 1.54) is 0 Å². The molecule has 0 aliphatic carbocycles. The number of esters is 2. The van der Waals surface area contributed by atoms with E-state index < -0.39 is 49.1 Å².